The number of hydrogen-bond acceptors (Lipinski definition) is 7. The van der Waals surface area contributed by atoms with E-state index in [0.717, 1.165) is 11.8 Å². The molecule has 1 aromatic heterocycles. The number of rotatable bonds is 6. The number of oxazole rings is 1. The van der Waals surface area contributed by atoms with Crippen LogP contribution in [0.3, 0.4) is 0 Å². The molecule has 2 heterocycles. The minimum atomic E-state index is -3.63. The Hall–Kier alpha value is -2.11. The number of benzene rings is 2. The number of morpholine rings is 1. The van der Waals surface area contributed by atoms with Crippen LogP contribution in [0.1, 0.15) is 0 Å². The third kappa shape index (κ3) is 4.79. The van der Waals surface area contributed by atoms with Crippen molar-refractivity contribution in [3.63, 3.8) is 0 Å². The average molecular weight is 468 g/mol. The summed E-state index contributed by atoms with van der Waals surface area (Å²) in [6.07, 6.45) is 0. The first-order valence-electron chi connectivity index (χ1n) is 9.08. The van der Waals surface area contributed by atoms with E-state index in [1.54, 1.807) is 30.3 Å². The smallest absolute Gasteiger partial charge is 0.257 e. The summed E-state index contributed by atoms with van der Waals surface area (Å²) < 4.78 is 37.7. The lowest BCUT2D eigenvalue weighted by molar-refractivity contribution is -0.113. The first-order chi connectivity index (χ1) is 14.4. The van der Waals surface area contributed by atoms with Gasteiger partial charge in [-0.2, -0.15) is 4.31 Å². The summed E-state index contributed by atoms with van der Waals surface area (Å²) in [4.78, 5) is 16.7. The quantitative estimate of drug-likeness (QED) is 0.555. The number of fused-ring (bicyclic) bond motifs is 1. The van der Waals surface area contributed by atoms with Gasteiger partial charge in [-0.3, -0.25) is 4.79 Å². The van der Waals surface area contributed by atoms with E-state index in [0.29, 0.717) is 53.3 Å². The molecule has 11 heteroatoms. The van der Waals surface area contributed by atoms with Gasteiger partial charge in [0.2, 0.25) is 15.9 Å². The standard InChI is InChI=1S/C19H18ClN3O5S2/c20-13-4-5-17-16(10-13)22-19(28-17)29-12-18(24)21-14-2-1-3-15(11-14)30(25,26)23-6-8-27-9-7-23/h1-5,10-11H,6-9,12H2,(H,21,24). The Bertz CT molecular complexity index is 1180. The normalized spacial score (nSPS) is 15.4. The molecule has 1 aliphatic rings. The Morgan fingerprint density at radius 3 is 2.80 bits per heavy atom. The minimum absolute atomic E-state index is 0.0565. The lowest BCUT2D eigenvalue weighted by atomic mass is 10.3. The van der Waals surface area contributed by atoms with Gasteiger partial charge >= 0.3 is 0 Å². The lowest BCUT2D eigenvalue weighted by Gasteiger charge is -2.26. The van der Waals surface area contributed by atoms with E-state index in [1.807, 2.05) is 0 Å². The summed E-state index contributed by atoms with van der Waals surface area (Å²) in [5.41, 5.74) is 1.61. The summed E-state index contributed by atoms with van der Waals surface area (Å²) in [7, 11) is -3.63. The number of hydrogen-bond donors (Lipinski definition) is 1. The van der Waals surface area contributed by atoms with Crippen LogP contribution in [0.15, 0.2) is 57.0 Å². The number of nitrogens with one attached hydrogen (secondary N) is 1. The fourth-order valence-corrected chi connectivity index (χ4v) is 5.19. The molecular formula is C19H18ClN3O5S2. The second kappa shape index (κ2) is 8.94. The molecule has 2 aromatic carbocycles. The Kier molecular flexibility index (Phi) is 6.30. The van der Waals surface area contributed by atoms with E-state index < -0.39 is 10.0 Å². The fraction of sp³-hybridized carbons (Fsp3) is 0.263. The molecule has 1 amide bonds. The van der Waals surface area contributed by atoms with Crippen molar-refractivity contribution in [2.24, 2.45) is 0 Å². The predicted molar refractivity (Wildman–Crippen MR) is 114 cm³/mol. The maximum Gasteiger partial charge on any atom is 0.257 e. The van der Waals surface area contributed by atoms with Crippen LogP contribution in [0.25, 0.3) is 11.1 Å². The molecular weight excluding hydrogens is 450 g/mol. The van der Waals surface area contributed by atoms with Gasteiger partial charge in [-0.1, -0.05) is 29.4 Å². The van der Waals surface area contributed by atoms with Gasteiger partial charge in [0.1, 0.15) is 5.52 Å². The molecule has 0 atom stereocenters. The zero-order chi connectivity index (χ0) is 21.1. The molecule has 30 heavy (non-hydrogen) atoms. The molecule has 1 N–H and O–H groups in total. The molecule has 0 aliphatic carbocycles. The number of sulfonamides is 1. The van der Waals surface area contributed by atoms with Crippen LogP contribution in [-0.4, -0.2) is 55.7 Å². The highest BCUT2D eigenvalue weighted by molar-refractivity contribution is 7.99. The van der Waals surface area contributed by atoms with Crippen molar-refractivity contribution in [2.75, 3.05) is 37.4 Å². The summed E-state index contributed by atoms with van der Waals surface area (Å²) in [5.74, 6) is -0.248. The van der Waals surface area contributed by atoms with Crippen molar-refractivity contribution < 1.29 is 22.4 Å². The van der Waals surface area contributed by atoms with Crippen LogP contribution in [0.5, 0.6) is 0 Å². The summed E-state index contributed by atoms with van der Waals surface area (Å²) in [6, 6.07) is 11.3. The van der Waals surface area contributed by atoms with Crippen LogP contribution in [0.4, 0.5) is 5.69 Å². The first-order valence-corrected chi connectivity index (χ1v) is 11.9. The largest absolute Gasteiger partial charge is 0.431 e. The number of thioether (sulfide) groups is 1. The molecule has 0 unspecified atom stereocenters. The Labute approximate surface area is 182 Å². The maximum absolute atomic E-state index is 12.8. The summed E-state index contributed by atoms with van der Waals surface area (Å²) >= 11 is 7.07. The Balaban J connectivity index is 1.40. The van der Waals surface area contributed by atoms with Crippen molar-refractivity contribution in [3.8, 4) is 0 Å². The number of ether oxygens (including phenoxy) is 1. The molecule has 3 aromatic rings. The molecule has 8 nitrogen and oxygen atoms in total. The van der Waals surface area contributed by atoms with Gasteiger partial charge in [0.05, 0.1) is 23.9 Å². The molecule has 1 fully saturated rings. The second-order valence-corrected chi connectivity index (χ2v) is 9.77. The molecule has 1 saturated heterocycles. The van der Waals surface area contributed by atoms with Gasteiger partial charge in [0.25, 0.3) is 5.22 Å². The summed E-state index contributed by atoms with van der Waals surface area (Å²) in [6.45, 7) is 1.36. The molecule has 1 aliphatic heterocycles. The highest BCUT2D eigenvalue weighted by Gasteiger charge is 2.26. The molecule has 4 rings (SSSR count). The van der Waals surface area contributed by atoms with E-state index in [2.05, 4.69) is 10.3 Å². The van der Waals surface area contributed by atoms with Gasteiger partial charge in [-0.05, 0) is 36.4 Å². The molecule has 0 bridgehead atoms. The first kappa shape index (κ1) is 21.1. The highest BCUT2D eigenvalue weighted by Crippen LogP contribution is 2.26. The number of aromatic nitrogens is 1. The van der Waals surface area contributed by atoms with Crippen LogP contribution in [0, 0.1) is 0 Å². The number of carbonyl (C=O) groups excluding carboxylic acids is 1. The van der Waals surface area contributed by atoms with Crippen LogP contribution >= 0.6 is 23.4 Å². The van der Waals surface area contributed by atoms with Gasteiger partial charge in [-0.25, -0.2) is 13.4 Å². The monoisotopic (exact) mass is 467 g/mol. The fourth-order valence-electron chi connectivity index (χ4n) is 2.94. The lowest BCUT2D eigenvalue weighted by Crippen LogP contribution is -2.40. The number of amides is 1. The van der Waals surface area contributed by atoms with E-state index in [9.17, 15) is 13.2 Å². The minimum Gasteiger partial charge on any atom is -0.431 e. The highest BCUT2D eigenvalue weighted by atomic mass is 35.5. The third-order valence-corrected chi connectivity index (χ3v) is 7.34. The van der Waals surface area contributed by atoms with Gasteiger partial charge in [-0.15, -0.1) is 0 Å². The van der Waals surface area contributed by atoms with Crippen molar-refractivity contribution in [1.82, 2.24) is 9.29 Å². The van der Waals surface area contributed by atoms with E-state index >= 15 is 0 Å². The van der Waals surface area contributed by atoms with Crippen molar-refractivity contribution in [2.45, 2.75) is 10.1 Å². The summed E-state index contributed by atoms with van der Waals surface area (Å²) in [5, 5.41) is 3.62. The van der Waals surface area contributed by atoms with Crippen LogP contribution in [-0.2, 0) is 19.6 Å². The predicted octanol–water partition coefficient (Wildman–Crippen LogP) is 3.23. The number of anilines is 1. The third-order valence-electron chi connectivity index (χ3n) is 4.38. The van der Waals surface area contributed by atoms with E-state index in [-0.39, 0.29) is 16.6 Å². The Morgan fingerprint density at radius 1 is 1.20 bits per heavy atom. The number of carbonyl (C=O) groups is 1. The zero-order valence-corrected chi connectivity index (χ0v) is 18.1. The van der Waals surface area contributed by atoms with Gasteiger partial charge < -0.3 is 14.5 Å². The molecule has 158 valence electrons. The van der Waals surface area contributed by atoms with Crippen molar-refractivity contribution >= 4 is 56.1 Å². The number of nitrogens with zero attached hydrogens (tertiary/aromatic N) is 2. The van der Waals surface area contributed by atoms with Gasteiger partial charge in [0, 0.05) is 23.8 Å². The maximum atomic E-state index is 12.8. The number of halogens is 1. The Morgan fingerprint density at radius 2 is 2.00 bits per heavy atom. The molecule has 0 spiro atoms. The second-order valence-electron chi connectivity index (χ2n) is 6.47. The topological polar surface area (TPSA) is 102 Å². The van der Waals surface area contributed by atoms with Crippen molar-refractivity contribution in [3.05, 3.63) is 47.5 Å². The molecule has 0 saturated carbocycles. The average Bonchev–Trinajstić information content (AvgIpc) is 3.15. The zero-order valence-electron chi connectivity index (χ0n) is 15.7. The van der Waals surface area contributed by atoms with Crippen LogP contribution < -0.4 is 5.32 Å². The van der Waals surface area contributed by atoms with Crippen LogP contribution in [0.2, 0.25) is 5.02 Å². The SMILES string of the molecule is O=C(CSc1nc2cc(Cl)ccc2o1)Nc1cccc(S(=O)(=O)N2CCOCC2)c1. The van der Waals surface area contributed by atoms with Gasteiger partial charge in [0.15, 0.2) is 5.58 Å². The van der Waals surface area contributed by atoms with E-state index in [1.165, 1.54) is 16.4 Å². The molecule has 0 radical (unpaired) electrons. The van der Waals surface area contributed by atoms with Crippen molar-refractivity contribution in [1.29, 1.82) is 0 Å². The van der Waals surface area contributed by atoms with E-state index in [4.69, 9.17) is 20.8 Å².